The Labute approximate surface area is 146 Å². The number of nitrogens with one attached hydrogen (secondary N) is 1. The molecule has 5 heteroatoms. The first-order chi connectivity index (χ1) is 12.0. The Kier molecular flexibility index (Phi) is 6.47. The smallest absolute Gasteiger partial charge is 0.251 e. The van der Waals surface area contributed by atoms with E-state index in [2.05, 4.69) is 17.2 Å². The summed E-state index contributed by atoms with van der Waals surface area (Å²) in [5.74, 6) is 5.19. The number of Topliss-reactive ketones (excluding diaryl/α,β-unsaturated/α-hetero) is 1. The van der Waals surface area contributed by atoms with Crippen molar-refractivity contribution in [3.63, 3.8) is 0 Å². The van der Waals surface area contributed by atoms with Gasteiger partial charge in [0.25, 0.3) is 5.91 Å². The number of hydrogen-bond acceptors (Lipinski definition) is 4. The van der Waals surface area contributed by atoms with Crippen LogP contribution in [-0.2, 0) is 4.79 Å². The molecule has 0 bridgehead atoms. The van der Waals surface area contributed by atoms with E-state index in [0.717, 1.165) is 11.1 Å². The average Bonchev–Trinajstić information content (AvgIpc) is 2.64. The second-order valence-electron chi connectivity index (χ2n) is 5.56. The predicted molar refractivity (Wildman–Crippen MR) is 95.9 cm³/mol. The van der Waals surface area contributed by atoms with Crippen molar-refractivity contribution in [2.75, 3.05) is 6.54 Å². The standard InChI is InChI=1S/C20H20N2O3/c1-14(23)19(18(24)13-21)22-20(25)17-11-9-16(10-12-17)8-7-15-5-3-2-4-6-15/h2-6,9-12,14,19,23H,13,21H2,1H3,(H,22,25)/t14-,19+/m1/s1. The summed E-state index contributed by atoms with van der Waals surface area (Å²) in [6.45, 7) is 1.19. The summed E-state index contributed by atoms with van der Waals surface area (Å²) in [5.41, 5.74) is 7.35. The van der Waals surface area contributed by atoms with Crippen molar-refractivity contribution in [1.82, 2.24) is 5.32 Å². The molecule has 25 heavy (non-hydrogen) atoms. The van der Waals surface area contributed by atoms with E-state index in [1.54, 1.807) is 24.3 Å². The molecule has 0 saturated carbocycles. The number of nitrogens with two attached hydrogens (primary N) is 1. The highest BCUT2D eigenvalue weighted by molar-refractivity contribution is 5.98. The van der Waals surface area contributed by atoms with Gasteiger partial charge in [0.1, 0.15) is 6.04 Å². The maximum absolute atomic E-state index is 12.2. The molecular weight excluding hydrogens is 316 g/mol. The Morgan fingerprint density at radius 1 is 1.04 bits per heavy atom. The molecule has 1 amide bonds. The van der Waals surface area contributed by atoms with Gasteiger partial charge in [0, 0.05) is 16.7 Å². The third-order valence-corrected chi connectivity index (χ3v) is 3.59. The molecule has 0 fully saturated rings. The number of amides is 1. The molecule has 5 nitrogen and oxygen atoms in total. The second-order valence-corrected chi connectivity index (χ2v) is 5.56. The van der Waals surface area contributed by atoms with Gasteiger partial charge in [-0.15, -0.1) is 0 Å². The van der Waals surface area contributed by atoms with Gasteiger partial charge in [-0.05, 0) is 43.3 Å². The van der Waals surface area contributed by atoms with Gasteiger partial charge in [-0.1, -0.05) is 30.0 Å². The summed E-state index contributed by atoms with van der Waals surface area (Å²) in [5, 5.41) is 12.1. The number of carbonyl (C=O) groups is 2. The fourth-order valence-corrected chi connectivity index (χ4v) is 2.19. The number of carbonyl (C=O) groups excluding carboxylic acids is 2. The average molecular weight is 336 g/mol. The minimum atomic E-state index is -1.02. The van der Waals surface area contributed by atoms with E-state index in [9.17, 15) is 14.7 Å². The summed E-state index contributed by atoms with van der Waals surface area (Å²) >= 11 is 0. The van der Waals surface area contributed by atoms with E-state index in [0.29, 0.717) is 5.56 Å². The van der Waals surface area contributed by atoms with Gasteiger partial charge >= 0.3 is 0 Å². The molecular formula is C20H20N2O3. The largest absolute Gasteiger partial charge is 0.391 e. The van der Waals surface area contributed by atoms with Crippen LogP contribution in [0.1, 0.15) is 28.4 Å². The first-order valence-corrected chi connectivity index (χ1v) is 7.90. The Morgan fingerprint density at radius 2 is 1.60 bits per heavy atom. The van der Waals surface area contributed by atoms with Gasteiger partial charge in [0.2, 0.25) is 0 Å². The molecule has 0 aliphatic carbocycles. The third-order valence-electron chi connectivity index (χ3n) is 3.59. The number of rotatable bonds is 5. The zero-order chi connectivity index (χ0) is 18.2. The van der Waals surface area contributed by atoms with Crippen molar-refractivity contribution in [2.24, 2.45) is 5.73 Å². The number of aliphatic hydroxyl groups excluding tert-OH is 1. The SMILES string of the molecule is C[C@@H](O)[C@H](NC(=O)c1ccc(C#Cc2ccccc2)cc1)C(=O)CN. The van der Waals surface area contributed by atoms with Gasteiger partial charge in [-0.25, -0.2) is 0 Å². The van der Waals surface area contributed by atoms with Crippen LogP contribution in [0.4, 0.5) is 0 Å². The highest BCUT2D eigenvalue weighted by Crippen LogP contribution is 2.06. The van der Waals surface area contributed by atoms with E-state index >= 15 is 0 Å². The molecule has 0 saturated heterocycles. The van der Waals surface area contributed by atoms with Crippen molar-refractivity contribution >= 4 is 11.7 Å². The van der Waals surface area contributed by atoms with Crippen LogP contribution in [0.2, 0.25) is 0 Å². The fourth-order valence-electron chi connectivity index (χ4n) is 2.19. The van der Waals surface area contributed by atoms with Crippen LogP contribution < -0.4 is 11.1 Å². The van der Waals surface area contributed by atoms with Crippen molar-refractivity contribution in [1.29, 1.82) is 0 Å². The van der Waals surface area contributed by atoms with Gasteiger partial charge < -0.3 is 16.2 Å². The Hall–Kier alpha value is -2.94. The van der Waals surface area contributed by atoms with Crippen molar-refractivity contribution in [3.05, 3.63) is 71.3 Å². The molecule has 2 atom stereocenters. The van der Waals surface area contributed by atoms with E-state index < -0.39 is 23.8 Å². The van der Waals surface area contributed by atoms with Crippen LogP contribution in [0.5, 0.6) is 0 Å². The summed E-state index contributed by atoms with van der Waals surface area (Å²) in [4.78, 5) is 23.9. The summed E-state index contributed by atoms with van der Waals surface area (Å²) in [6.07, 6.45) is -1.02. The zero-order valence-corrected chi connectivity index (χ0v) is 13.9. The number of ketones is 1. The number of benzene rings is 2. The molecule has 2 aromatic rings. The van der Waals surface area contributed by atoms with E-state index in [4.69, 9.17) is 5.73 Å². The fraction of sp³-hybridized carbons (Fsp3) is 0.200. The second kappa shape index (κ2) is 8.78. The lowest BCUT2D eigenvalue weighted by atomic mass is 10.1. The monoisotopic (exact) mass is 336 g/mol. The van der Waals surface area contributed by atoms with Crippen molar-refractivity contribution < 1.29 is 14.7 Å². The molecule has 0 radical (unpaired) electrons. The summed E-state index contributed by atoms with van der Waals surface area (Å²) in [6, 6.07) is 15.3. The van der Waals surface area contributed by atoms with E-state index in [-0.39, 0.29) is 6.54 Å². The molecule has 0 aliphatic rings. The highest BCUT2D eigenvalue weighted by Gasteiger charge is 2.24. The Bertz CT molecular complexity index is 787. The minimum Gasteiger partial charge on any atom is -0.391 e. The molecule has 0 heterocycles. The van der Waals surface area contributed by atoms with Crippen LogP contribution in [-0.4, -0.2) is 35.5 Å². The van der Waals surface area contributed by atoms with E-state index in [1.165, 1.54) is 6.92 Å². The van der Waals surface area contributed by atoms with Crippen molar-refractivity contribution in [2.45, 2.75) is 19.1 Å². The zero-order valence-electron chi connectivity index (χ0n) is 13.9. The third kappa shape index (κ3) is 5.28. The minimum absolute atomic E-state index is 0.246. The molecule has 2 rings (SSSR count). The highest BCUT2D eigenvalue weighted by atomic mass is 16.3. The Balaban J connectivity index is 2.07. The van der Waals surface area contributed by atoms with Crippen LogP contribution in [0.25, 0.3) is 0 Å². The first kappa shape index (κ1) is 18.4. The van der Waals surface area contributed by atoms with Gasteiger partial charge in [-0.3, -0.25) is 9.59 Å². The van der Waals surface area contributed by atoms with Crippen LogP contribution >= 0.6 is 0 Å². The summed E-state index contributed by atoms with van der Waals surface area (Å²) in [7, 11) is 0. The summed E-state index contributed by atoms with van der Waals surface area (Å²) < 4.78 is 0. The maximum Gasteiger partial charge on any atom is 0.251 e. The molecule has 2 aromatic carbocycles. The Morgan fingerprint density at radius 3 is 2.12 bits per heavy atom. The molecule has 0 spiro atoms. The van der Waals surface area contributed by atoms with Crippen LogP contribution in [0.15, 0.2) is 54.6 Å². The maximum atomic E-state index is 12.2. The van der Waals surface area contributed by atoms with Crippen LogP contribution in [0, 0.1) is 11.8 Å². The lowest BCUT2D eigenvalue weighted by molar-refractivity contribution is -0.121. The predicted octanol–water partition coefficient (Wildman–Crippen LogP) is 1.09. The molecule has 4 N–H and O–H groups in total. The van der Waals surface area contributed by atoms with Gasteiger partial charge in [0.15, 0.2) is 5.78 Å². The first-order valence-electron chi connectivity index (χ1n) is 7.90. The molecule has 0 aliphatic heterocycles. The van der Waals surface area contributed by atoms with Crippen LogP contribution in [0.3, 0.4) is 0 Å². The van der Waals surface area contributed by atoms with Gasteiger partial charge in [0.05, 0.1) is 12.6 Å². The van der Waals surface area contributed by atoms with Crippen molar-refractivity contribution in [3.8, 4) is 11.8 Å². The quantitative estimate of drug-likeness (QED) is 0.713. The topological polar surface area (TPSA) is 92.4 Å². The number of hydrogen-bond donors (Lipinski definition) is 3. The lowest BCUT2D eigenvalue weighted by Gasteiger charge is -2.19. The normalized spacial score (nSPS) is 12.4. The number of aliphatic hydroxyl groups is 1. The molecule has 0 unspecified atom stereocenters. The van der Waals surface area contributed by atoms with Gasteiger partial charge in [-0.2, -0.15) is 0 Å². The van der Waals surface area contributed by atoms with E-state index in [1.807, 2.05) is 30.3 Å². The molecule has 0 aromatic heterocycles. The molecule has 128 valence electrons. The lowest BCUT2D eigenvalue weighted by Crippen LogP contribution is -2.49.